The number of urea groups is 1. The molecule has 32 heteroatoms. The number of thioether (sulfide) groups is 1. The average molecular weight is 1480 g/mol. The lowest BCUT2D eigenvalue weighted by molar-refractivity contribution is -0.140. The number of unbranched alkanes of at least 4 members (excludes halogenated alkanes) is 2. The highest BCUT2D eigenvalue weighted by molar-refractivity contribution is 8.00. The molecule has 4 aromatic carbocycles. The molecule has 8 amide bonds. The van der Waals surface area contributed by atoms with Crippen LogP contribution in [0.2, 0.25) is 0 Å². The van der Waals surface area contributed by atoms with Crippen molar-refractivity contribution in [2.24, 2.45) is 11.8 Å². The summed E-state index contributed by atoms with van der Waals surface area (Å²) in [5, 5.41) is 73.1. The molecule has 1 heterocycles. The molecule has 1 saturated carbocycles. The molecule has 0 bridgehead atoms. The number of ether oxygens (including phenoxy) is 1. The van der Waals surface area contributed by atoms with E-state index in [2.05, 4.69) is 48.6 Å². The molecule has 105 heavy (non-hydrogen) atoms. The van der Waals surface area contributed by atoms with Gasteiger partial charge in [-0.05, 0) is 141 Å². The number of ketones is 1. The lowest BCUT2D eigenvalue weighted by Crippen LogP contribution is -2.52. The van der Waals surface area contributed by atoms with Gasteiger partial charge in [0.05, 0.1) is 45.6 Å². The van der Waals surface area contributed by atoms with E-state index in [1.807, 2.05) is 82.6 Å². The maximum Gasteiger partial charge on any atom is 0.327 e. The van der Waals surface area contributed by atoms with Gasteiger partial charge in [-0.3, -0.25) is 67.5 Å². The number of carboxylic acid groups (broad SMARTS) is 5. The van der Waals surface area contributed by atoms with Crippen molar-refractivity contribution in [3.8, 4) is 5.75 Å². The first-order valence-electron chi connectivity index (χ1n) is 35.7. The van der Waals surface area contributed by atoms with E-state index in [1.165, 1.54) is 6.92 Å². The molecule has 0 unspecified atom stereocenters. The van der Waals surface area contributed by atoms with Gasteiger partial charge in [-0.1, -0.05) is 60.7 Å². The van der Waals surface area contributed by atoms with Crippen LogP contribution in [0, 0.1) is 11.8 Å². The zero-order valence-electron chi connectivity index (χ0n) is 59.7. The fourth-order valence-corrected chi connectivity index (χ4v) is 13.5. The third-order valence-electron chi connectivity index (χ3n) is 18.5. The molecule has 2 aliphatic rings. The number of hydrogen-bond donors (Lipinski definition) is 13. The Balaban J connectivity index is 1.05. The van der Waals surface area contributed by atoms with Crippen LogP contribution in [0.4, 0.5) is 4.79 Å². The Bertz CT molecular complexity index is 3510. The lowest BCUT2D eigenvalue weighted by atomic mass is 9.81. The number of carbonyl (C=O) groups is 13. The van der Waals surface area contributed by atoms with Crippen LogP contribution < -0.4 is 47.3 Å². The third-order valence-corrected chi connectivity index (χ3v) is 19.5. The van der Waals surface area contributed by atoms with Gasteiger partial charge in [-0.2, -0.15) is 0 Å². The Kier molecular flexibility index (Phi) is 36.2. The number of carboxylic acids is 5. The van der Waals surface area contributed by atoms with E-state index in [4.69, 9.17) is 9.84 Å². The van der Waals surface area contributed by atoms with Crippen LogP contribution in [0.25, 0.3) is 21.5 Å². The Labute approximate surface area is 614 Å². The monoisotopic (exact) mass is 1480 g/mol. The molecule has 13 N–H and O–H groups in total. The van der Waals surface area contributed by atoms with Crippen LogP contribution in [0.1, 0.15) is 95.1 Å². The molecule has 0 aromatic heterocycles. The molecule has 0 radical (unpaired) electrons. The van der Waals surface area contributed by atoms with E-state index in [-0.39, 0.29) is 139 Å². The summed E-state index contributed by atoms with van der Waals surface area (Å²) in [6, 6.07) is 18.9. The molecule has 4 atom stereocenters. The first-order valence-corrected chi connectivity index (χ1v) is 36.8. The quantitative estimate of drug-likeness (QED) is 0.0223. The molecule has 1 aliphatic heterocycles. The minimum Gasteiger partial charge on any atom is -0.497 e. The number of Topliss-reactive ketones (excluding diaryl/α,β-unsaturated/α-hetero) is 1. The average Bonchev–Trinajstić information content (AvgIpc) is 0.773. The number of rotatable bonds is 42. The zero-order chi connectivity index (χ0) is 76.2. The smallest absolute Gasteiger partial charge is 0.327 e. The van der Waals surface area contributed by atoms with Crippen LogP contribution >= 0.6 is 11.8 Å². The van der Waals surface area contributed by atoms with Crippen molar-refractivity contribution in [3.05, 3.63) is 90.0 Å². The highest BCUT2D eigenvalue weighted by Gasteiger charge is 2.33. The number of carbonyl (C=O) groups excluding carboxylic acids is 8. The van der Waals surface area contributed by atoms with Crippen molar-refractivity contribution in [1.82, 2.24) is 62.1 Å². The molecule has 0 spiro atoms. The van der Waals surface area contributed by atoms with Gasteiger partial charge < -0.3 is 72.8 Å². The second kappa shape index (κ2) is 45.0. The highest BCUT2D eigenvalue weighted by atomic mass is 32.2. The van der Waals surface area contributed by atoms with E-state index < -0.39 is 89.4 Å². The number of aryl methyl sites for hydroxylation is 1. The summed E-state index contributed by atoms with van der Waals surface area (Å²) in [4.78, 5) is 173. The van der Waals surface area contributed by atoms with Crippen LogP contribution in [0.15, 0.2) is 78.9 Å². The van der Waals surface area contributed by atoms with Crippen molar-refractivity contribution < 1.29 is 92.6 Å². The number of benzene rings is 4. The molecule has 1 aliphatic carbocycles. The fourth-order valence-electron chi connectivity index (χ4n) is 12.8. The molecular weight excluding hydrogens is 1380 g/mol. The van der Waals surface area contributed by atoms with Crippen molar-refractivity contribution >= 4 is 110 Å². The Morgan fingerprint density at radius 2 is 1.04 bits per heavy atom. The summed E-state index contributed by atoms with van der Waals surface area (Å²) in [6.07, 6.45) is 4.61. The zero-order valence-corrected chi connectivity index (χ0v) is 60.6. The summed E-state index contributed by atoms with van der Waals surface area (Å²) in [6.45, 7) is 3.67. The number of methoxy groups -OCH3 is 1. The van der Waals surface area contributed by atoms with Gasteiger partial charge in [0.1, 0.15) is 35.7 Å². The van der Waals surface area contributed by atoms with Crippen molar-refractivity contribution in [3.63, 3.8) is 0 Å². The summed E-state index contributed by atoms with van der Waals surface area (Å²) < 4.78 is 5.23. The number of aliphatic carboxylic acids is 5. The van der Waals surface area contributed by atoms with E-state index in [0.29, 0.717) is 96.4 Å². The molecule has 6 rings (SSSR count). The second-order valence-electron chi connectivity index (χ2n) is 26.7. The molecule has 4 aromatic rings. The molecule has 1 saturated heterocycles. The Morgan fingerprint density at radius 1 is 0.514 bits per heavy atom. The predicted octanol–water partition coefficient (Wildman–Crippen LogP) is 2.15. The predicted molar refractivity (Wildman–Crippen MR) is 391 cm³/mol. The standard InChI is InChI=1S/C73H102N12O19S/c1-48(86)42-82-30-34-84(44-65(90)91)36-32-83(33-37-85(35-31-82)45-66(92)93)43-64(89)74-28-9-7-17-58(78-63(88)41-76-62(87)19-11-12-49-22-26-54(104-2)27-23-49)69(97)77-40-50-20-24-51(25-21-50)68(96)79-60(39-57-55-15-5-3-13-52(55)38-53-14-4-6-16-56(53)57)70(98)75-29-10-8-18-59(71(99)100)80-73(103)81-61(72(101)102)46-105-47-67(94)95/h3-6,13-16,22-23,26-27,38,50-51,58-61H,7-12,17-21,24-25,28-37,39-47H2,1-2H3,(H,74,89)(H,75,98)(H,76,87)(H,77,97)(H,78,88)(H,79,96)(H,90,91)(H,92,93)(H,94,95)(H,99,100)(H,101,102)(H2,80,81,103)/t50?,51?,58-,59-,60-,61-/m0/s1. The first kappa shape index (κ1) is 84.4. The number of fused-ring (bicyclic) bond motifs is 2. The topological polar surface area (TPSA) is 441 Å². The third kappa shape index (κ3) is 31.4. The summed E-state index contributed by atoms with van der Waals surface area (Å²) in [7, 11) is 1.57. The van der Waals surface area contributed by atoms with Gasteiger partial charge in [0.2, 0.25) is 35.4 Å². The first-order chi connectivity index (χ1) is 50.3. The van der Waals surface area contributed by atoms with Crippen LogP contribution in [-0.4, -0.2) is 270 Å². The Hall–Kier alpha value is -9.50. The number of nitrogens with zero attached hydrogens (tertiary/aromatic N) is 4. The molecule has 574 valence electrons. The van der Waals surface area contributed by atoms with E-state index in [9.17, 15) is 82.8 Å². The molecule has 31 nitrogen and oxygen atoms in total. The van der Waals surface area contributed by atoms with Gasteiger partial charge in [0.15, 0.2) is 0 Å². The van der Waals surface area contributed by atoms with E-state index in [0.717, 1.165) is 44.4 Å². The largest absolute Gasteiger partial charge is 0.497 e. The summed E-state index contributed by atoms with van der Waals surface area (Å²) in [5.41, 5.74) is 1.85. The number of amides is 8. The highest BCUT2D eigenvalue weighted by Crippen LogP contribution is 2.32. The van der Waals surface area contributed by atoms with Gasteiger partial charge in [-0.15, -0.1) is 11.8 Å². The van der Waals surface area contributed by atoms with Gasteiger partial charge in [0.25, 0.3) is 0 Å². The second-order valence-corrected chi connectivity index (χ2v) is 27.7. The normalized spacial score (nSPS) is 16.8. The van der Waals surface area contributed by atoms with Crippen LogP contribution in [0.3, 0.4) is 0 Å². The maximum absolute atomic E-state index is 14.4. The number of hydrogen-bond acceptors (Lipinski definition) is 19. The summed E-state index contributed by atoms with van der Waals surface area (Å²) >= 11 is 0.763. The fraction of sp³-hybridized carbons (Fsp3) is 0.548. The van der Waals surface area contributed by atoms with Crippen molar-refractivity contribution in [2.75, 3.05) is 123 Å². The minimum atomic E-state index is -1.49. The van der Waals surface area contributed by atoms with Crippen LogP contribution in [-0.2, 0) is 70.4 Å². The van der Waals surface area contributed by atoms with E-state index >= 15 is 0 Å². The van der Waals surface area contributed by atoms with Crippen molar-refractivity contribution in [2.45, 2.75) is 121 Å². The molecule has 2 fully saturated rings. The van der Waals surface area contributed by atoms with Crippen molar-refractivity contribution in [1.29, 1.82) is 0 Å². The lowest BCUT2D eigenvalue weighted by Gasteiger charge is -2.33. The number of nitrogens with one attached hydrogen (secondary N) is 8. The molecular formula is C73H102N12O19S. The maximum atomic E-state index is 14.4. The van der Waals surface area contributed by atoms with Gasteiger partial charge in [0, 0.05) is 96.5 Å². The minimum absolute atomic E-state index is 0.0654. The van der Waals surface area contributed by atoms with E-state index in [1.54, 1.807) is 16.9 Å². The van der Waals surface area contributed by atoms with Gasteiger partial charge in [-0.25, -0.2) is 14.4 Å². The SMILES string of the molecule is COc1ccc(CCCC(=O)NCC(=O)N[C@@H](CCCCNC(=O)CN2CCN(CC(=O)O)CCN(CC(C)=O)CCN(CC(=O)O)CC2)C(=O)NCC2CCC(C(=O)N[C@@H](Cc3c4ccccc4cc4ccccc34)C(=O)NCCCC[C@H](NC(=O)N[C@@H](CSCC(=O)O)C(=O)O)C(=O)O)CC2)cc1. The Morgan fingerprint density at radius 3 is 1.58 bits per heavy atom. The summed E-state index contributed by atoms with van der Waals surface area (Å²) in [5.74, 6) is -9.25. The van der Waals surface area contributed by atoms with Crippen LogP contribution in [0.5, 0.6) is 5.75 Å². The van der Waals surface area contributed by atoms with Gasteiger partial charge >= 0.3 is 35.9 Å².